The predicted octanol–water partition coefficient (Wildman–Crippen LogP) is 0.937. The second-order valence-electron chi connectivity index (χ2n) is 2.94. The summed E-state index contributed by atoms with van der Waals surface area (Å²) in [4.78, 5) is 12.9. The van der Waals surface area contributed by atoms with E-state index in [1.165, 1.54) is 0 Å². The Morgan fingerprint density at radius 1 is 1.50 bits per heavy atom. The maximum atomic E-state index is 10.9. The third-order valence-corrected chi connectivity index (χ3v) is 2.28. The van der Waals surface area contributed by atoms with Crippen molar-refractivity contribution in [3.63, 3.8) is 0 Å². The normalized spacial score (nSPS) is 31.0. The average molecular weight is 137 g/mol. The Kier molecular flexibility index (Phi) is 1.26. The first-order valence-corrected chi connectivity index (χ1v) is 3.82. The molecule has 2 aliphatic rings. The van der Waals surface area contributed by atoms with E-state index in [4.69, 9.17) is 0 Å². The number of carbonyl (C=O) groups excluding carboxylic acids is 1. The molecule has 2 nitrogen and oxygen atoms in total. The van der Waals surface area contributed by atoms with Gasteiger partial charge in [0.25, 0.3) is 0 Å². The largest absolute Gasteiger partial charge is 0.339 e. The van der Waals surface area contributed by atoms with Crippen molar-refractivity contribution < 1.29 is 4.79 Å². The third kappa shape index (κ3) is 0.753. The number of carbonyl (C=O) groups is 1. The summed E-state index contributed by atoms with van der Waals surface area (Å²) in [6.07, 6.45) is 7.26. The monoisotopic (exact) mass is 137 g/mol. The Hall–Kier alpha value is -0.790. The fourth-order valence-corrected chi connectivity index (χ4v) is 1.62. The van der Waals surface area contributed by atoms with E-state index in [2.05, 4.69) is 12.2 Å². The van der Waals surface area contributed by atoms with Gasteiger partial charge in [0.15, 0.2) is 0 Å². The molecule has 0 bridgehead atoms. The minimum Gasteiger partial charge on any atom is -0.339 e. The Labute approximate surface area is 60.5 Å². The lowest BCUT2D eigenvalue weighted by atomic mass is 10.00. The van der Waals surface area contributed by atoms with Gasteiger partial charge in [-0.3, -0.25) is 4.79 Å². The molecule has 0 aromatic carbocycles. The van der Waals surface area contributed by atoms with E-state index in [9.17, 15) is 4.79 Å². The molecule has 0 aliphatic carbocycles. The van der Waals surface area contributed by atoms with Crippen LogP contribution in [0.1, 0.15) is 19.3 Å². The summed E-state index contributed by atoms with van der Waals surface area (Å²) in [5.41, 5.74) is 0. The number of β-lactam (4-membered cyclic amide) rings is 1. The summed E-state index contributed by atoms with van der Waals surface area (Å²) < 4.78 is 0. The van der Waals surface area contributed by atoms with Gasteiger partial charge in [-0.15, -0.1) is 0 Å². The first-order valence-electron chi connectivity index (χ1n) is 3.82. The van der Waals surface area contributed by atoms with Gasteiger partial charge in [-0.05, 0) is 12.8 Å². The molecule has 2 heteroatoms. The van der Waals surface area contributed by atoms with Crippen LogP contribution < -0.4 is 0 Å². The van der Waals surface area contributed by atoms with Crippen LogP contribution >= 0.6 is 0 Å². The van der Waals surface area contributed by atoms with Crippen LogP contribution in [-0.2, 0) is 4.79 Å². The van der Waals surface area contributed by atoms with Crippen LogP contribution in [-0.4, -0.2) is 23.4 Å². The first kappa shape index (κ1) is 5.96. The molecule has 54 valence electrons. The second-order valence-corrected chi connectivity index (χ2v) is 2.94. The quantitative estimate of drug-likeness (QED) is 0.359. The zero-order chi connectivity index (χ0) is 6.97. The standard InChI is InChI=1S/C8H11NO/c10-8-6-7-4-2-1-3-5-9(7)8/h1-2,7H,3-6H2. The Bertz CT molecular complexity index is 186. The molecule has 1 amide bonds. The van der Waals surface area contributed by atoms with E-state index < -0.39 is 0 Å². The highest BCUT2D eigenvalue weighted by Crippen LogP contribution is 2.24. The maximum absolute atomic E-state index is 10.9. The maximum Gasteiger partial charge on any atom is 0.224 e. The van der Waals surface area contributed by atoms with Crippen LogP contribution in [0.3, 0.4) is 0 Å². The lowest BCUT2D eigenvalue weighted by molar-refractivity contribution is -0.145. The summed E-state index contributed by atoms with van der Waals surface area (Å²) >= 11 is 0. The van der Waals surface area contributed by atoms with Crippen LogP contribution in [0.25, 0.3) is 0 Å². The van der Waals surface area contributed by atoms with Crippen molar-refractivity contribution in [2.75, 3.05) is 6.54 Å². The summed E-state index contributed by atoms with van der Waals surface area (Å²) in [7, 11) is 0. The van der Waals surface area contributed by atoms with Crippen LogP contribution in [0.4, 0.5) is 0 Å². The van der Waals surface area contributed by atoms with Gasteiger partial charge in [0, 0.05) is 19.0 Å². The van der Waals surface area contributed by atoms with Crippen molar-refractivity contribution in [3.05, 3.63) is 12.2 Å². The van der Waals surface area contributed by atoms with Crippen LogP contribution in [0, 0.1) is 0 Å². The van der Waals surface area contributed by atoms with E-state index in [0.29, 0.717) is 11.9 Å². The van der Waals surface area contributed by atoms with Gasteiger partial charge in [0.05, 0.1) is 0 Å². The molecule has 0 aromatic heterocycles. The molecular formula is C8H11NO. The minimum absolute atomic E-state index is 0.341. The topological polar surface area (TPSA) is 20.3 Å². The number of amides is 1. The first-order chi connectivity index (χ1) is 4.88. The minimum atomic E-state index is 0.341. The van der Waals surface area contributed by atoms with Crippen molar-refractivity contribution in [1.82, 2.24) is 4.90 Å². The van der Waals surface area contributed by atoms with Gasteiger partial charge < -0.3 is 4.90 Å². The molecule has 0 saturated carbocycles. The van der Waals surface area contributed by atoms with Crippen LogP contribution in [0.2, 0.25) is 0 Å². The molecule has 10 heavy (non-hydrogen) atoms. The van der Waals surface area contributed by atoms with Crippen molar-refractivity contribution in [3.8, 4) is 0 Å². The van der Waals surface area contributed by atoms with Gasteiger partial charge in [-0.1, -0.05) is 12.2 Å². The fraction of sp³-hybridized carbons (Fsp3) is 0.625. The highest BCUT2D eigenvalue weighted by Gasteiger charge is 2.34. The lowest BCUT2D eigenvalue weighted by Crippen LogP contribution is -2.51. The van der Waals surface area contributed by atoms with Gasteiger partial charge in [0.2, 0.25) is 5.91 Å². The number of nitrogens with zero attached hydrogens (tertiary/aromatic N) is 1. The van der Waals surface area contributed by atoms with Crippen molar-refractivity contribution in [2.24, 2.45) is 0 Å². The van der Waals surface area contributed by atoms with E-state index in [1.807, 2.05) is 4.90 Å². The Morgan fingerprint density at radius 2 is 2.40 bits per heavy atom. The van der Waals surface area contributed by atoms with Crippen molar-refractivity contribution >= 4 is 5.91 Å². The summed E-state index contributed by atoms with van der Waals surface area (Å²) in [5.74, 6) is 0.341. The smallest absolute Gasteiger partial charge is 0.224 e. The third-order valence-electron chi connectivity index (χ3n) is 2.28. The number of rotatable bonds is 0. The SMILES string of the molecule is O=C1CC2CC=CCCN12. The molecule has 1 fully saturated rings. The van der Waals surface area contributed by atoms with E-state index in [0.717, 1.165) is 25.8 Å². The molecule has 2 rings (SSSR count). The average Bonchev–Trinajstić information content (AvgIpc) is 2.09. The van der Waals surface area contributed by atoms with Gasteiger partial charge in [0.1, 0.15) is 0 Å². The van der Waals surface area contributed by atoms with E-state index in [1.54, 1.807) is 0 Å². The zero-order valence-electron chi connectivity index (χ0n) is 5.92. The summed E-state index contributed by atoms with van der Waals surface area (Å²) in [5, 5.41) is 0. The molecule has 1 saturated heterocycles. The molecule has 0 radical (unpaired) electrons. The number of hydrogen-bond acceptors (Lipinski definition) is 1. The van der Waals surface area contributed by atoms with Crippen LogP contribution in [0.15, 0.2) is 12.2 Å². The van der Waals surface area contributed by atoms with Crippen molar-refractivity contribution in [2.45, 2.75) is 25.3 Å². The zero-order valence-corrected chi connectivity index (χ0v) is 5.92. The molecular weight excluding hydrogens is 126 g/mol. The molecule has 2 aliphatic heterocycles. The molecule has 2 heterocycles. The van der Waals surface area contributed by atoms with E-state index in [-0.39, 0.29) is 0 Å². The molecule has 1 unspecified atom stereocenters. The van der Waals surface area contributed by atoms with Gasteiger partial charge >= 0.3 is 0 Å². The molecule has 0 N–H and O–H groups in total. The van der Waals surface area contributed by atoms with Crippen LogP contribution in [0.5, 0.6) is 0 Å². The van der Waals surface area contributed by atoms with Gasteiger partial charge in [-0.25, -0.2) is 0 Å². The number of fused-ring (bicyclic) bond motifs is 1. The number of hydrogen-bond donors (Lipinski definition) is 0. The molecule has 1 atom stereocenters. The van der Waals surface area contributed by atoms with Gasteiger partial charge in [-0.2, -0.15) is 0 Å². The predicted molar refractivity (Wildman–Crippen MR) is 38.5 cm³/mol. The van der Waals surface area contributed by atoms with E-state index >= 15 is 0 Å². The summed E-state index contributed by atoms with van der Waals surface area (Å²) in [6, 6.07) is 0.547. The molecule has 0 aromatic rings. The van der Waals surface area contributed by atoms with Crippen molar-refractivity contribution in [1.29, 1.82) is 0 Å². The Balaban J connectivity index is 2.05. The summed E-state index contributed by atoms with van der Waals surface area (Å²) in [6.45, 7) is 0.944. The lowest BCUT2D eigenvalue weighted by Gasteiger charge is -2.39. The second kappa shape index (κ2) is 2.11. The Morgan fingerprint density at radius 3 is 3.20 bits per heavy atom. The highest BCUT2D eigenvalue weighted by molar-refractivity contribution is 5.83. The highest BCUT2D eigenvalue weighted by atomic mass is 16.2. The fourth-order valence-electron chi connectivity index (χ4n) is 1.62. The molecule has 0 spiro atoms.